The minimum Gasteiger partial charge on any atom is -0.0613 e. The summed E-state index contributed by atoms with van der Waals surface area (Å²) in [5.74, 6) is 0. The number of fused-ring (bicyclic) bond motifs is 2. The van der Waals surface area contributed by atoms with E-state index < -0.39 is 0 Å². The first kappa shape index (κ1) is 22.8. The largest absolute Gasteiger partial charge is 0.0613 e. The van der Waals surface area contributed by atoms with Crippen molar-refractivity contribution in [3.8, 4) is 0 Å². The van der Waals surface area contributed by atoms with Crippen molar-refractivity contribution in [3.05, 3.63) is 118 Å². The number of aryl methyl sites for hydroxylation is 4. The third-order valence-corrected chi connectivity index (χ3v) is 8.17. The van der Waals surface area contributed by atoms with Crippen LogP contribution >= 0.6 is 0 Å². The summed E-state index contributed by atoms with van der Waals surface area (Å²) in [7, 11) is 0. The quantitative estimate of drug-likeness (QED) is 0.242. The van der Waals surface area contributed by atoms with Gasteiger partial charge >= 0.3 is 0 Å². The lowest BCUT2D eigenvalue weighted by atomic mass is 9.91. The van der Waals surface area contributed by atoms with Gasteiger partial charge in [-0.25, -0.2) is 0 Å². The van der Waals surface area contributed by atoms with Gasteiger partial charge < -0.3 is 0 Å². The second-order valence-corrected chi connectivity index (χ2v) is 10.0. The zero-order chi connectivity index (χ0) is 24.8. The van der Waals surface area contributed by atoms with E-state index in [2.05, 4.69) is 113 Å². The average molecular weight is 467 g/mol. The van der Waals surface area contributed by atoms with E-state index in [9.17, 15) is 0 Å². The van der Waals surface area contributed by atoms with Gasteiger partial charge in [0.2, 0.25) is 0 Å². The van der Waals surface area contributed by atoms with Gasteiger partial charge in [0.25, 0.3) is 0 Å². The molecule has 0 heteroatoms. The molecule has 0 spiro atoms. The zero-order valence-electron chi connectivity index (χ0n) is 21.9. The van der Waals surface area contributed by atoms with Crippen LogP contribution in [0.4, 0.5) is 0 Å². The Kier molecular flexibility index (Phi) is 5.76. The molecular formula is C36H34. The van der Waals surface area contributed by atoms with Crippen molar-refractivity contribution in [1.29, 1.82) is 0 Å². The highest BCUT2D eigenvalue weighted by atomic mass is 14.1. The van der Waals surface area contributed by atoms with Crippen LogP contribution in [-0.4, -0.2) is 0 Å². The average Bonchev–Trinajstić information content (AvgIpc) is 2.88. The van der Waals surface area contributed by atoms with Crippen molar-refractivity contribution in [2.75, 3.05) is 0 Å². The topological polar surface area (TPSA) is 0 Å². The number of hydrogen-bond donors (Lipinski definition) is 0. The van der Waals surface area contributed by atoms with E-state index in [4.69, 9.17) is 0 Å². The molecule has 0 amide bonds. The standard InChI is InChI=1S/C36H34/c1-5-23-15-16-24(6-2)32-20-28-12-10-14-30-22-34-26(8-4)18-17-25(7-3)33(34)21-29-13-9-11-27(19-31(23)32)35(29)36(28)30/h9-22H,5-8H2,1-4H3. The molecule has 2 aliphatic carbocycles. The lowest BCUT2D eigenvalue weighted by Gasteiger charge is -2.13. The van der Waals surface area contributed by atoms with Gasteiger partial charge in [0.1, 0.15) is 0 Å². The molecule has 0 aromatic heterocycles. The number of hydrogen-bond acceptors (Lipinski definition) is 0. The van der Waals surface area contributed by atoms with Gasteiger partial charge in [-0.05, 0) is 126 Å². The number of rotatable bonds is 4. The molecule has 4 aromatic carbocycles. The van der Waals surface area contributed by atoms with Crippen molar-refractivity contribution < 1.29 is 0 Å². The summed E-state index contributed by atoms with van der Waals surface area (Å²) in [4.78, 5) is 0. The first-order chi connectivity index (χ1) is 17.7. The molecule has 6 rings (SSSR count). The Morgan fingerprint density at radius 3 is 0.833 bits per heavy atom. The minimum atomic E-state index is 1.03. The summed E-state index contributed by atoms with van der Waals surface area (Å²) in [5, 5.41) is 13.5. The molecule has 0 fully saturated rings. The Balaban J connectivity index is 2.01. The predicted molar refractivity (Wildman–Crippen MR) is 158 cm³/mol. The molecule has 0 saturated carbocycles. The highest BCUT2D eigenvalue weighted by Gasteiger charge is 2.10. The van der Waals surface area contributed by atoms with Crippen LogP contribution in [0.3, 0.4) is 0 Å². The van der Waals surface area contributed by atoms with Gasteiger partial charge in [-0.1, -0.05) is 88.4 Å². The summed E-state index contributed by atoms with van der Waals surface area (Å²) >= 11 is 0. The van der Waals surface area contributed by atoms with Crippen LogP contribution in [0.25, 0.3) is 43.1 Å². The third kappa shape index (κ3) is 3.51. The molecule has 0 aliphatic heterocycles. The van der Waals surface area contributed by atoms with Gasteiger partial charge in [0, 0.05) is 0 Å². The molecule has 0 unspecified atom stereocenters. The van der Waals surface area contributed by atoms with Crippen LogP contribution in [0.2, 0.25) is 0 Å². The second-order valence-electron chi connectivity index (χ2n) is 10.0. The van der Waals surface area contributed by atoms with Gasteiger partial charge in [-0.15, -0.1) is 0 Å². The Bertz CT molecular complexity index is 1600. The maximum absolute atomic E-state index is 2.46. The molecule has 178 valence electrons. The summed E-state index contributed by atoms with van der Waals surface area (Å²) in [6, 6.07) is 32.9. The van der Waals surface area contributed by atoms with E-state index in [1.165, 1.54) is 75.8 Å². The van der Waals surface area contributed by atoms with Gasteiger partial charge in [0.05, 0.1) is 0 Å². The molecule has 0 saturated heterocycles. The van der Waals surface area contributed by atoms with Crippen LogP contribution in [0.5, 0.6) is 0 Å². The highest BCUT2D eigenvalue weighted by Crippen LogP contribution is 2.32. The smallest absolute Gasteiger partial charge is 0.00264 e. The van der Waals surface area contributed by atoms with Crippen LogP contribution in [0.1, 0.15) is 49.9 Å². The Labute approximate surface area is 213 Å². The fourth-order valence-corrected chi connectivity index (χ4v) is 6.23. The molecule has 0 atom stereocenters. The zero-order valence-corrected chi connectivity index (χ0v) is 21.9. The van der Waals surface area contributed by atoms with E-state index in [0.29, 0.717) is 0 Å². The fraction of sp³-hybridized carbons (Fsp3) is 0.222. The SMILES string of the molecule is CCc1ccc(CC)c2cc3cccc4cc5c(CC)ccc(CC)c5cc5cccc(cc12)c5=c34. The predicted octanol–water partition coefficient (Wildman–Crippen LogP) is 9.84. The summed E-state index contributed by atoms with van der Waals surface area (Å²) in [6.07, 6.45) is 4.13. The van der Waals surface area contributed by atoms with Crippen LogP contribution in [-0.2, 0) is 25.7 Å². The molecule has 2 aliphatic rings. The normalized spacial score (nSPS) is 11.8. The maximum atomic E-state index is 2.46. The Hall–Kier alpha value is -3.64. The van der Waals surface area contributed by atoms with Gasteiger partial charge in [-0.3, -0.25) is 0 Å². The van der Waals surface area contributed by atoms with Crippen LogP contribution < -0.4 is 0 Å². The molecule has 0 nitrogen and oxygen atoms in total. The first-order valence-electron chi connectivity index (χ1n) is 13.6. The van der Waals surface area contributed by atoms with Gasteiger partial charge in [0.15, 0.2) is 0 Å². The maximum Gasteiger partial charge on any atom is -0.00264 e. The monoisotopic (exact) mass is 466 g/mol. The summed E-state index contributed by atoms with van der Waals surface area (Å²) in [5.41, 5.74) is 5.68. The van der Waals surface area contributed by atoms with Crippen LogP contribution in [0, 0.1) is 10.4 Å². The van der Waals surface area contributed by atoms with Crippen molar-refractivity contribution in [2.45, 2.75) is 53.4 Å². The van der Waals surface area contributed by atoms with E-state index in [1.807, 2.05) is 0 Å². The highest BCUT2D eigenvalue weighted by molar-refractivity contribution is 5.98. The van der Waals surface area contributed by atoms with Crippen molar-refractivity contribution in [2.24, 2.45) is 0 Å². The lowest BCUT2D eigenvalue weighted by molar-refractivity contribution is 1.13. The van der Waals surface area contributed by atoms with E-state index in [0.717, 1.165) is 25.7 Å². The van der Waals surface area contributed by atoms with Crippen molar-refractivity contribution in [1.82, 2.24) is 0 Å². The molecule has 4 aromatic rings. The molecule has 0 radical (unpaired) electrons. The molecule has 0 N–H and O–H groups in total. The van der Waals surface area contributed by atoms with Gasteiger partial charge in [-0.2, -0.15) is 0 Å². The number of benzene rings is 4. The summed E-state index contributed by atoms with van der Waals surface area (Å²) in [6.45, 7) is 9.08. The molecule has 0 bridgehead atoms. The van der Waals surface area contributed by atoms with E-state index >= 15 is 0 Å². The lowest BCUT2D eigenvalue weighted by Crippen LogP contribution is -1.92. The van der Waals surface area contributed by atoms with E-state index in [-0.39, 0.29) is 0 Å². The van der Waals surface area contributed by atoms with Crippen molar-refractivity contribution >= 4 is 43.1 Å². The summed E-state index contributed by atoms with van der Waals surface area (Å²) < 4.78 is 0. The Morgan fingerprint density at radius 2 is 0.611 bits per heavy atom. The Morgan fingerprint density at radius 1 is 0.361 bits per heavy atom. The fourth-order valence-electron chi connectivity index (χ4n) is 6.23. The minimum absolute atomic E-state index is 1.03. The van der Waals surface area contributed by atoms with Crippen molar-refractivity contribution in [3.63, 3.8) is 0 Å². The van der Waals surface area contributed by atoms with Crippen LogP contribution in [0.15, 0.2) is 84.9 Å². The van der Waals surface area contributed by atoms with E-state index in [1.54, 1.807) is 0 Å². The molecular weight excluding hydrogens is 432 g/mol. The second kappa shape index (κ2) is 9.10. The molecule has 36 heavy (non-hydrogen) atoms. The first-order valence-corrected chi connectivity index (χ1v) is 13.6. The molecule has 0 heterocycles. The third-order valence-electron chi connectivity index (χ3n) is 8.17.